The standard InChI is InChI=1S/C11H10ClFN2/c12-10-6-8(13)3-4-11(10)15-7-9-2-1-5-14-9/h1-6,14-15H,7H2. The van der Waals surface area contributed by atoms with Gasteiger partial charge in [-0.05, 0) is 30.3 Å². The van der Waals surface area contributed by atoms with Gasteiger partial charge in [-0.3, -0.25) is 0 Å². The monoisotopic (exact) mass is 224 g/mol. The summed E-state index contributed by atoms with van der Waals surface area (Å²) in [6.45, 7) is 0.637. The second-order valence-corrected chi connectivity index (χ2v) is 3.58. The van der Waals surface area contributed by atoms with Gasteiger partial charge < -0.3 is 10.3 Å². The molecule has 78 valence electrons. The highest BCUT2D eigenvalue weighted by atomic mass is 35.5. The molecule has 1 aromatic heterocycles. The summed E-state index contributed by atoms with van der Waals surface area (Å²) in [5.74, 6) is -0.328. The molecule has 0 aliphatic heterocycles. The second kappa shape index (κ2) is 4.36. The van der Waals surface area contributed by atoms with E-state index in [0.717, 1.165) is 11.4 Å². The highest BCUT2D eigenvalue weighted by Crippen LogP contribution is 2.22. The van der Waals surface area contributed by atoms with Crippen LogP contribution in [0.15, 0.2) is 36.5 Å². The fourth-order valence-electron chi connectivity index (χ4n) is 1.30. The normalized spacial score (nSPS) is 10.3. The summed E-state index contributed by atoms with van der Waals surface area (Å²) < 4.78 is 12.7. The Kier molecular flexibility index (Phi) is 2.92. The van der Waals surface area contributed by atoms with Crippen LogP contribution in [0.3, 0.4) is 0 Å². The van der Waals surface area contributed by atoms with Crippen LogP contribution in [0.1, 0.15) is 5.69 Å². The van der Waals surface area contributed by atoms with E-state index in [4.69, 9.17) is 11.6 Å². The average molecular weight is 225 g/mol. The SMILES string of the molecule is Fc1ccc(NCc2ccc[nH]2)c(Cl)c1. The molecule has 4 heteroatoms. The number of anilines is 1. The fourth-order valence-corrected chi connectivity index (χ4v) is 1.53. The third-order valence-electron chi connectivity index (χ3n) is 2.06. The molecule has 2 N–H and O–H groups in total. The third kappa shape index (κ3) is 2.50. The number of aromatic amines is 1. The Balaban J connectivity index is 2.05. The van der Waals surface area contributed by atoms with E-state index in [1.54, 1.807) is 6.07 Å². The molecule has 2 rings (SSSR count). The predicted molar refractivity (Wildman–Crippen MR) is 59.5 cm³/mol. The van der Waals surface area contributed by atoms with E-state index >= 15 is 0 Å². The minimum absolute atomic E-state index is 0.328. The summed E-state index contributed by atoms with van der Waals surface area (Å²) in [4.78, 5) is 3.06. The van der Waals surface area contributed by atoms with Crippen molar-refractivity contribution in [1.29, 1.82) is 0 Å². The molecule has 0 unspecified atom stereocenters. The minimum atomic E-state index is -0.328. The highest BCUT2D eigenvalue weighted by molar-refractivity contribution is 6.33. The lowest BCUT2D eigenvalue weighted by Gasteiger charge is -2.06. The lowest BCUT2D eigenvalue weighted by atomic mass is 10.3. The van der Waals surface area contributed by atoms with Gasteiger partial charge in [0, 0.05) is 11.9 Å². The van der Waals surface area contributed by atoms with Gasteiger partial charge in [-0.25, -0.2) is 4.39 Å². The Labute approximate surface area is 92.1 Å². The number of rotatable bonds is 3. The fraction of sp³-hybridized carbons (Fsp3) is 0.0909. The van der Waals surface area contributed by atoms with Crippen molar-refractivity contribution in [1.82, 2.24) is 4.98 Å². The van der Waals surface area contributed by atoms with Gasteiger partial charge in [0.25, 0.3) is 0 Å². The number of nitrogens with one attached hydrogen (secondary N) is 2. The van der Waals surface area contributed by atoms with Gasteiger partial charge in [-0.2, -0.15) is 0 Å². The van der Waals surface area contributed by atoms with Crippen molar-refractivity contribution in [2.24, 2.45) is 0 Å². The number of halogens is 2. The molecule has 0 aliphatic carbocycles. The van der Waals surface area contributed by atoms with E-state index in [1.807, 2.05) is 18.3 Å². The molecule has 2 nitrogen and oxygen atoms in total. The van der Waals surface area contributed by atoms with Gasteiger partial charge in [0.1, 0.15) is 5.82 Å². The second-order valence-electron chi connectivity index (χ2n) is 3.17. The van der Waals surface area contributed by atoms with Crippen molar-refractivity contribution < 1.29 is 4.39 Å². The zero-order valence-electron chi connectivity index (χ0n) is 7.93. The van der Waals surface area contributed by atoms with Crippen molar-refractivity contribution >= 4 is 17.3 Å². The average Bonchev–Trinajstić information content (AvgIpc) is 2.69. The van der Waals surface area contributed by atoms with E-state index in [9.17, 15) is 4.39 Å². The number of aromatic nitrogens is 1. The van der Waals surface area contributed by atoms with Gasteiger partial charge in [0.05, 0.1) is 17.3 Å². The zero-order chi connectivity index (χ0) is 10.7. The third-order valence-corrected chi connectivity index (χ3v) is 2.38. The first-order valence-electron chi connectivity index (χ1n) is 4.57. The van der Waals surface area contributed by atoms with E-state index in [1.165, 1.54) is 12.1 Å². The first kappa shape index (κ1) is 10.1. The van der Waals surface area contributed by atoms with Crippen LogP contribution in [0.5, 0.6) is 0 Å². The topological polar surface area (TPSA) is 27.8 Å². The van der Waals surface area contributed by atoms with Gasteiger partial charge in [-0.15, -0.1) is 0 Å². The van der Waals surface area contributed by atoms with E-state index in [2.05, 4.69) is 10.3 Å². The zero-order valence-corrected chi connectivity index (χ0v) is 8.68. The molecule has 1 aromatic carbocycles. The van der Waals surface area contributed by atoms with Gasteiger partial charge >= 0.3 is 0 Å². The largest absolute Gasteiger partial charge is 0.378 e. The number of H-pyrrole nitrogens is 1. The van der Waals surface area contributed by atoms with Crippen molar-refractivity contribution in [2.45, 2.75) is 6.54 Å². The Morgan fingerprint density at radius 3 is 2.87 bits per heavy atom. The van der Waals surface area contributed by atoms with Gasteiger partial charge in [0.15, 0.2) is 0 Å². The number of hydrogen-bond donors (Lipinski definition) is 2. The van der Waals surface area contributed by atoms with Gasteiger partial charge in [-0.1, -0.05) is 11.6 Å². The van der Waals surface area contributed by atoms with E-state index in [-0.39, 0.29) is 5.82 Å². The molecule has 2 aromatic rings. The minimum Gasteiger partial charge on any atom is -0.378 e. The summed E-state index contributed by atoms with van der Waals surface area (Å²) in [6, 6.07) is 8.18. The lowest BCUT2D eigenvalue weighted by molar-refractivity contribution is 0.628. The molecule has 0 saturated heterocycles. The Hall–Kier alpha value is -1.48. The molecule has 0 fully saturated rings. The highest BCUT2D eigenvalue weighted by Gasteiger charge is 2.01. The maximum absolute atomic E-state index is 12.7. The van der Waals surface area contributed by atoms with Gasteiger partial charge in [0.2, 0.25) is 0 Å². The summed E-state index contributed by atoms with van der Waals surface area (Å²) in [6.07, 6.45) is 1.85. The van der Waals surface area contributed by atoms with E-state index in [0.29, 0.717) is 11.6 Å². The van der Waals surface area contributed by atoms with Crippen molar-refractivity contribution in [2.75, 3.05) is 5.32 Å². The van der Waals surface area contributed by atoms with Crippen LogP contribution in [0.25, 0.3) is 0 Å². The van der Waals surface area contributed by atoms with Crippen LogP contribution < -0.4 is 5.32 Å². The quantitative estimate of drug-likeness (QED) is 0.822. The van der Waals surface area contributed by atoms with Crippen LogP contribution in [0.4, 0.5) is 10.1 Å². The number of hydrogen-bond acceptors (Lipinski definition) is 1. The van der Waals surface area contributed by atoms with Crippen LogP contribution >= 0.6 is 11.6 Å². The van der Waals surface area contributed by atoms with Crippen molar-refractivity contribution in [3.05, 3.63) is 53.1 Å². The first-order chi connectivity index (χ1) is 7.25. The molecular formula is C11H10ClFN2. The Morgan fingerprint density at radius 1 is 1.33 bits per heavy atom. The molecule has 0 amide bonds. The maximum atomic E-state index is 12.7. The number of benzene rings is 1. The molecule has 15 heavy (non-hydrogen) atoms. The Morgan fingerprint density at radius 2 is 2.20 bits per heavy atom. The van der Waals surface area contributed by atoms with E-state index < -0.39 is 0 Å². The summed E-state index contributed by atoms with van der Waals surface area (Å²) >= 11 is 5.86. The summed E-state index contributed by atoms with van der Waals surface area (Å²) in [5, 5.41) is 3.50. The van der Waals surface area contributed by atoms with Crippen LogP contribution in [0.2, 0.25) is 5.02 Å². The molecule has 0 bridgehead atoms. The maximum Gasteiger partial charge on any atom is 0.124 e. The predicted octanol–water partition coefficient (Wildman–Crippen LogP) is 3.42. The molecule has 0 spiro atoms. The molecular weight excluding hydrogens is 215 g/mol. The van der Waals surface area contributed by atoms with Crippen LogP contribution in [0, 0.1) is 5.82 Å². The molecule has 0 radical (unpaired) electrons. The first-order valence-corrected chi connectivity index (χ1v) is 4.95. The van der Waals surface area contributed by atoms with Crippen LogP contribution in [-0.4, -0.2) is 4.98 Å². The summed E-state index contributed by atoms with van der Waals surface area (Å²) in [7, 11) is 0. The lowest BCUT2D eigenvalue weighted by Crippen LogP contribution is -2.00. The molecule has 0 atom stereocenters. The summed E-state index contributed by atoms with van der Waals surface area (Å²) in [5.41, 5.74) is 1.78. The van der Waals surface area contributed by atoms with Crippen LogP contribution in [-0.2, 0) is 6.54 Å². The molecule has 0 aliphatic rings. The molecule has 0 saturated carbocycles. The smallest absolute Gasteiger partial charge is 0.124 e. The Bertz CT molecular complexity index is 440. The van der Waals surface area contributed by atoms with Crippen molar-refractivity contribution in [3.8, 4) is 0 Å². The molecule has 1 heterocycles. The van der Waals surface area contributed by atoms with Crippen molar-refractivity contribution in [3.63, 3.8) is 0 Å².